The lowest BCUT2D eigenvalue weighted by atomic mass is 10.2. The number of rotatable bonds is 3. The molecule has 0 saturated carbocycles. The van der Waals surface area contributed by atoms with Gasteiger partial charge >= 0.3 is 0 Å². The molecule has 0 radical (unpaired) electrons. The molecule has 1 amide bonds. The van der Waals surface area contributed by atoms with Crippen molar-refractivity contribution in [3.63, 3.8) is 0 Å². The zero-order valence-corrected chi connectivity index (χ0v) is 14.3. The fourth-order valence-electron chi connectivity index (χ4n) is 3.65. The van der Waals surface area contributed by atoms with Gasteiger partial charge in [-0.3, -0.25) is 4.79 Å². The zero-order valence-electron chi connectivity index (χ0n) is 13.5. The molecular weight excluding hydrogens is 368 g/mol. The SMILES string of the molecule is O=C(c1cn[nH]n1)N1CC2CCC(C1)N2S(=O)(=O)c1ccc(F)c(F)c1. The first-order chi connectivity index (χ1) is 12.4. The third-order valence-corrected chi connectivity index (χ3v) is 6.80. The highest BCUT2D eigenvalue weighted by Crippen LogP contribution is 2.35. The van der Waals surface area contributed by atoms with E-state index in [0.717, 1.165) is 12.1 Å². The van der Waals surface area contributed by atoms with Gasteiger partial charge in [-0.05, 0) is 31.0 Å². The van der Waals surface area contributed by atoms with Crippen molar-refractivity contribution in [1.29, 1.82) is 0 Å². The van der Waals surface area contributed by atoms with E-state index < -0.39 is 33.7 Å². The van der Waals surface area contributed by atoms with Gasteiger partial charge in [0.2, 0.25) is 10.0 Å². The highest BCUT2D eigenvalue weighted by Gasteiger charge is 2.48. The molecule has 2 bridgehead atoms. The number of likely N-dealkylation sites (tertiary alicyclic amines) is 1. The third-order valence-electron chi connectivity index (χ3n) is 4.80. The fraction of sp³-hybridized carbons (Fsp3) is 0.400. The molecule has 138 valence electrons. The standard InChI is InChI=1S/C15H15F2N5O3S/c16-12-4-3-11(5-13(12)17)26(24,25)22-9-1-2-10(22)8-21(7-9)15(23)14-6-18-20-19-14/h3-6,9-10H,1-2,7-8H2,(H,18,19,20). The number of amides is 1. The van der Waals surface area contributed by atoms with E-state index in [1.165, 1.54) is 10.5 Å². The number of fused-ring (bicyclic) bond motifs is 2. The lowest BCUT2D eigenvalue weighted by Gasteiger charge is -2.39. The Labute approximate surface area is 147 Å². The Morgan fingerprint density at radius 3 is 2.42 bits per heavy atom. The predicted molar refractivity (Wildman–Crippen MR) is 84.5 cm³/mol. The maximum atomic E-state index is 13.5. The summed E-state index contributed by atoms with van der Waals surface area (Å²) >= 11 is 0. The number of piperazine rings is 1. The second kappa shape index (κ2) is 6.09. The van der Waals surface area contributed by atoms with E-state index in [0.29, 0.717) is 18.9 Å². The first kappa shape index (κ1) is 17.0. The number of benzene rings is 1. The van der Waals surface area contributed by atoms with Crippen molar-refractivity contribution in [3.8, 4) is 0 Å². The van der Waals surface area contributed by atoms with E-state index in [-0.39, 0.29) is 29.6 Å². The van der Waals surface area contributed by atoms with Gasteiger partial charge in [0.1, 0.15) is 0 Å². The Balaban J connectivity index is 1.60. The molecule has 11 heteroatoms. The summed E-state index contributed by atoms with van der Waals surface area (Å²) in [7, 11) is -3.99. The van der Waals surface area contributed by atoms with Crippen LogP contribution >= 0.6 is 0 Å². The van der Waals surface area contributed by atoms with Gasteiger partial charge in [0.25, 0.3) is 5.91 Å². The Morgan fingerprint density at radius 2 is 1.85 bits per heavy atom. The van der Waals surface area contributed by atoms with Gasteiger partial charge in [-0.1, -0.05) is 0 Å². The fourth-order valence-corrected chi connectivity index (χ4v) is 5.51. The summed E-state index contributed by atoms with van der Waals surface area (Å²) in [5.74, 6) is -2.63. The summed E-state index contributed by atoms with van der Waals surface area (Å²) in [5, 5.41) is 9.74. The van der Waals surface area contributed by atoms with Crippen molar-refractivity contribution < 1.29 is 22.0 Å². The van der Waals surface area contributed by atoms with Gasteiger partial charge < -0.3 is 4.90 Å². The molecule has 4 rings (SSSR count). The average molecular weight is 383 g/mol. The van der Waals surface area contributed by atoms with Gasteiger partial charge in [0.05, 0.1) is 11.1 Å². The predicted octanol–water partition coefficient (Wildman–Crippen LogP) is 0.761. The molecule has 2 unspecified atom stereocenters. The normalized spacial score (nSPS) is 23.4. The van der Waals surface area contributed by atoms with Gasteiger partial charge in [0.15, 0.2) is 17.3 Å². The Hall–Kier alpha value is -2.40. The highest BCUT2D eigenvalue weighted by atomic mass is 32.2. The number of nitrogens with one attached hydrogen (secondary N) is 1. The molecule has 8 nitrogen and oxygen atoms in total. The van der Waals surface area contributed by atoms with Crippen molar-refractivity contribution in [2.45, 2.75) is 29.8 Å². The molecule has 0 spiro atoms. The minimum absolute atomic E-state index is 0.168. The van der Waals surface area contributed by atoms with E-state index in [2.05, 4.69) is 15.4 Å². The monoisotopic (exact) mass is 383 g/mol. The second-order valence-electron chi connectivity index (χ2n) is 6.36. The second-order valence-corrected chi connectivity index (χ2v) is 8.20. The van der Waals surface area contributed by atoms with Gasteiger partial charge in [0, 0.05) is 25.2 Å². The first-order valence-electron chi connectivity index (χ1n) is 8.01. The minimum atomic E-state index is -3.99. The number of hydrogen-bond acceptors (Lipinski definition) is 5. The molecule has 0 aliphatic carbocycles. The molecule has 1 aromatic heterocycles. The molecule has 2 aliphatic rings. The smallest absolute Gasteiger partial charge is 0.276 e. The summed E-state index contributed by atoms with van der Waals surface area (Å²) < 4.78 is 53.8. The van der Waals surface area contributed by atoms with E-state index in [9.17, 15) is 22.0 Å². The number of aromatic nitrogens is 3. The van der Waals surface area contributed by atoms with Crippen LogP contribution in [0.4, 0.5) is 8.78 Å². The van der Waals surface area contributed by atoms with Crippen LogP contribution in [0.2, 0.25) is 0 Å². The lowest BCUT2D eigenvalue weighted by molar-refractivity contribution is 0.0609. The molecular formula is C15H15F2N5O3S. The molecule has 1 N–H and O–H groups in total. The number of sulfonamides is 1. The largest absolute Gasteiger partial charge is 0.334 e. The van der Waals surface area contributed by atoms with Crippen LogP contribution in [0.25, 0.3) is 0 Å². The average Bonchev–Trinajstić information content (AvgIpc) is 3.23. The number of carbonyl (C=O) groups excluding carboxylic acids is 1. The maximum absolute atomic E-state index is 13.5. The quantitative estimate of drug-likeness (QED) is 0.844. The zero-order chi connectivity index (χ0) is 18.5. The van der Waals surface area contributed by atoms with E-state index in [1.807, 2.05) is 0 Å². The molecule has 2 fully saturated rings. The number of aromatic amines is 1. The molecule has 2 saturated heterocycles. The summed E-state index contributed by atoms with van der Waals surface area (Å²) in [6, 6.07) is 1.72. The number of H-pyrrole nitrogens is 1. The van der Waals surface area contributed by atoms with Gasteiger partial charge in [-0.25, -0.2) is 17.2 Å². The molecule has 26 heavy (non-hydrogen) atoms. The number of halogens is 2. The summed E-state index contributed by atoms with van der Waals surface area (Å²) in [6.45, 7) is 0.427. The Kier molecular flexibility index (Phi) is 3.99. The Morgan fingerprint density at radius 1 is 1.15 bits per heavy atom. The number of hydrogen-bond donors (Lipinski definition) is 1. The van der Waals surface area contributed by atoms with Crippen molar-refractivity contribution in [2.75, 3.05) is 13.1 Å². The van der Waals surface area contributed by atoms with Crippen molar-refractivity contribution >= 4 is 15.9 Å². The van der Waals surface area contributed by atoms with E-state index in [4.69, 9.17) is 0 Å². The van der Waals surface area contributed by atoms with Crippen LogP contribution in [-0.2, 0) is 10.0 Å². The number of carbonyl (C=O) groups is 1. The number of nitrogens with zero attached hydrogens (tertiary/aromatic N) is 4. The van der Waals surface area contributed by atoms with Gasteiger partial charge in [-0.2, -0.15) is 19.7 Å². The van der Waals surface area contributed by atoms with Crippen LogP contribution in [0.5, 0.6) is 0 Å². The topological polar surface area (TPSA) is 99.3 Å². The highest BCUT2D eigenvalue weighted by molar-refractivity contribution is 7.89. The molecule has 2 atom stereocenters. The van der Waals surface area contributed by atoms with Crippen LogP contribution in [-0.4, -0.2) is 64.1 Å². The van der Waals surface area contributed by atoms with Crippen LogP contribution < -0.4 is 0 Å². The van der Waals surface area contributed by atoms with Crippen LogP contribution in [0.3, 0.4) is 0 Å². The van der Waals surface area contributed by atoms with Crippen molar-refractivity contribution in [2.24, 2.45) is 0 Å². The van der Waals surface area contributed by atoms with Crippen LogP contribution in [0.15, 0.2) is 29.3 Å². The first-order valence-corrected chi connectivity index (χ1v) is 9.45. The molecule has 2 aromatic rings. The van der Waals surface area contributed by atoms with E-state index in [1.54, 1.807) is 4.90 Å². The van der Waals surface area contributed by atoms with E-state index >= 15 is 0 Å². The lowest BCUT2D eigenvalue weighted by Crippen LogP contribution is -2.57. The third kappa shape index (κ3) is 2.67. The summed E-state index contributed by atoms with van der Waals surface area (Å²) in [5.41, 5.74) is 0.168. The van der Waals surface area contributed by atoms with Gasteiger partial charge in [-0.15, -0.1) is 0 Å². The van der Waals surface area contributed by atoms with Crippen LogP contribution in [0, 0.1) is 11.6 Å². The minimum Gasteiger partial charge on any atom is -0.334 e. The maximum Gasteiger partial charge on any atom is 0.276 e. The summed E-state index contributed by atoms with van der Waals surface area (Å²) in [6.07, 6.45) is 2.50. The molecule has 3 heterocycles. The Bertz CT molecular complexity index is 936. The van der Waals surface area contributed by atoms with Crippen molar-refractivity contribution in [1.82, 2.24) is 24.6 Å². The molecule has 1 aromatic carbocycles. The van der Waals surface area contributed by atoms with Crippen molar-refractivity contribution in [3.05, 3.63) is 41.7 Å². The van der Waals surface area contributed by atoms with Crippen LogP contribution in [0.1, 0.15) is 23.3 Å². The summed E-state index contributed by atoms with van der Waals surface area (Å²) in [4.78, 5) is 13.7. The molecule has 2 aliphatic heterocycles.